The normalized spacial score (nSPS) is 13.2. The Hall–Kier alpha value is 0.0100. The van der Waals surface area contributed by atoms with Gasteiger partial charge in [0.1, 0.15) is 0 Å². The van der Waals surface area contributed by atoms with Crippen LogP contribution in [0.1, 0.15) is 12.8 Å². The van der Waals surface area contributed by atoms with E-state index in [0.717, 1.165) is 31.7 Å². The zero-order chi connectivity index (χ0) is 10.1. The third-order valence-corrected chi connectivity index (χ3v) is 2.49. The van der Waals surface area contributed by atoms with E-state index < -0.39 is 0 Å². The molecule has 0 aromatic carbocycles. The van der Waals surface area contributed by atoms with Crippen molar-refractivity contribution in [3.05, 3.63) is 12.7 Å². The van der Waals surface area contributed by atoms with Crippen LogP contribution in [0.2, 0.25) is 0 Å². The van der Waals surface area contributed by atoms with Crippen molar-refractivity contribution in [2.24, 2.45) is 0 Å². The van der Waals surface area contributed by atoms with Gasteiger partial charge in [0.15, 0.2) is 0 Å². The number of thioether (sulfide) groups is 1. The first-order valence-electron chi connectivity index (χ1n) is 4.67. The van der Waals surface area contributed by atoms with Gasteiger partial charge < -0.3 is 10.0 Å². The summed E-state index contributed by atoms with van der Waals surface area (Å²) in [4.78, 5) is 2.17. The van der Waals surface area contributed by atoms with E-state index in [0.29, 0.717) is 0 Å². The topological polar surface area (TPSA) is 23.5 Å². The maximum atomic E-state index is 9.55. The summed E-state index contributed by atoms with van der Waals surface area (Å²) in [5.41, 5.74) is 0. The molecule has 0 aliphatic rings. The van der Waals surface area contributed by atoms with E-state index >= 15 is 0 Å². The van der Waals surface area contributed by atoms with E-state index in [1.165, 1.54) is 0 Å². The van der Waals surface area contributed by atoms with Gasteiger partial charge in [-0.2, -0.15) is 11.8 Å². The fourth-order valence-electron chi connectivity index (χ4n) is 1.10. The maximum Gasteiger partial charge on any atom is 0.0670 e. The molecule has 0 aromatic rings. The summed E-state index contributed by atoms with van der Waals surface area (Å²) in [6.07, 6.45) is 5.47. The minimum atomic E-state index is -0.204. The summed E-state index contributed by atoms with van der Waals surface area (Å²) in [5, 5.41) is 9.55. The van der Waals surface area contributed by atoms with Crippen LogP contribution in [0.4, 0.5) is 0 Å². The third-order valence-electron chi connectivity index (χ3n) is 1.90. The van der Waals surface area contributed by atoms with E-state index in [9.17, 15) is 5.11 Å². The van der Waals surface area contributed by atoms with E-state index in [4.69, 9.17) is 0 Å². The largest absolute Gasteiger partial charge is 0.392 e. The smallest absolute Gasteiger partial charge is 0.0670 e. The molecule has 0 aromatic heterocycles. The molecule has 1 unspecified atom stereocenters. The predicted octanol–water partition coefficient (Wildman–Crippen LogP) is 1.61. The lowest BCUT2D eigenvalue weighted by atomic mass is 10.2. The van der Waals surface area contributed by atoms with Crippen LogP contribution in [-0.2, 0) is 0 Å². The lowest BCUT2D eigenvalue weighted by Crippen LogP contribution is -2.30. The van der Waals surface area contributed by atoms with Crippen molar-refractivity contribution in [3.63, 3.8) is 0 Å². The van der Waals surface area contributed by atoms with Crippen LogP contribution in [0.5, 0.6) is 0 Å². The molecular formula is C10H21NOS. The first-order valence-corrected chi connectivity index (χ1v) is 6.06. The molecule has 0 radical (unpaired) electrons. The zero-order valence-corrected chi connectivity index (χ0v) is 9.52. The van der Waals surface area contributed by atoms with Gasteiger partial charge in [0.25, 0.3) is 0 Å². The van der Waals surface area contributed by atoms with Crippen LogP contribution in [0.15, 0.2) is 12.7 Å². The second-order valence-corrected chi connectivity index (χ2v) is 4.26. The molecule has 0 bridgehead atoms. The molecule has 0 amide bonds. The van der Waals surface area contributed by atoms with E-state index in [2.05, 4.69) is 17.7 Å². The van der Waals surface area contributed by atoms with Gasteiger partial charge in [-0.1, -0.05) is 6.08 Å². The molecule has 3 heteroatoms. The average molecular weight is 203 g/mol. The van der Waals surface area contributed by atoms with Gasteiger partial charge >= 0.3 is 0 Å². The maximum absolute atomic E-state index is 9.55. The molecule has 1 atom stereocenters. The summed E-state index contributed by atoms with van der Waals surface area (Å²) in [5.74, 6) is 1.13. The van der Waals surface area contributed by atoms with Gasteiger partial charge in [-0.3, -0.25) is 0 Å². The van der Waals surface area contributed by atoms with E-state index in [1.807, 2.05) is 24.9 Å². The van der Waals surface area contributed by atoms with Crippen LogP contribution in [0.3, 0.4) is 0 Å². The molecule has 0 rings (SSSR count). The van der Waals surface area contributed by atoms with Crippen LogP contribution < -0.4 is 0 Å². The van der Waals surface area contributed by atoms with Crippen molar-refractivity contribution in [2.45, 2.75) is 18.9 Å². The van der Waals surface area contributed by atoms with E-state index in [-0.39, 0.29) is 6.10 Å². The quantitative estimate of drug-likeness (QED) is 0.606. The predicted molar refractivity (Wildman–Crippen MR) is 61.3 cm³/mol. The highest BCUT2D eigenvalue weighted by Gasteiger charge is 2.06. The molecule has 0 saturated carbocycles. The number of aliphatic hydroxyl groups is 1. The summed E-state index contributed by atoms with van der Waals surface area (Å²) < 4.78 is 0. The molecule has 78 valence electrons. The SMILES string of the molecule is C=CCCC(O)CN(C)CCSC. The van der Waals surface area contributed by atoms with Crippen molar-refractivity contribution >= 4 is 11.8 Å². The summed E-state index contributed by atoms with van der Waals surface area (Å²) in [6, 6.07) is 0. The first-order chi connectivity index (χ1) is 6.20. The first kappa shape index (κ1) is 13.0. The lowest BCUT2D eigenvalue weighted by Gasteiger charge is -2.19. The van der Waals surface area contributed by atoms with Gasteiger partial charge in [0.05, 0.1) is 6.10 Å². The van der Waals surface area contributed by atoms with Crippen molar-refractivity contribution in [1.29, 1.82) is 0 Å². The molecule has 0 fully saturated rings. The number of rotatable bonds is 8. The number of aliphatic hydroxyl groups excluding tert-OH is 1. The standard InChI is InChI=1S/C10H21NOS/c1-4-5-6-10(12)9-11(2)7-8-13-3/h4,10,12H,1,5-9H2,2-3H3. The van der Waals surface area contributed by atoms with E-state index in [1.54, 1.807) is 0 Å². The molecule has 0 saturated heterocycles. The van der Waals surface area contributed by atoms with Gasteiger partial charge in [0.2, 0.25) is 0 Å². The van der Waals surface area contributed by atoms with Crippen molar-refractivity contribution in [1.82, 2.24) is 4.90 Å². The zero-order valence-electron chi connectivity index (χ0n) is 8.70. The summed E-state index contributed by atoms with van der Waals surface area (Å²) in [7, 11) is 2.05. The van der Waals surface area contributed by atoms with Gasteiger partial charge in [-0.25, -0.2) is 0 Å². The average Bonchev–Trinajstić information content (AvgIpc) is 2.11. The van der Waals surface area contributed by atoms with Gasteiger partial charge in [-0.05, 0) is 26.1 Å². The third kappa shape index (κ3) is 8.34. The summed E-state index contributed by atoms with van der Waals surface area (Å²) in [6.45, 7) is 5.45. The molecule has 0 aliphatic carbocycles. The Balaban J connectivity index is 3.40. The van der Waals surface area contributed by atoms with Gasteiger partial charge in [-0.15, -0.1) is 6.58 Å². The molecule has 0 aliphatic heterocycles. The second-order valence-electron chi connectivity index (χ2n) is 3.27. The van der Waals surface area contributed by atoms with Crippen LogP contribution in [-0.4, -0.2) is 48.3 Å². The highest BCUT2D eigenvalue weighted by atomic mass is 32.2. The molecule has 13 heavy (non-hydrogen) atoms. The van der Waals surface area contributed by atoms with Crippen LogP contribution in [0.25, 0.3) is 0 Å². The number of allylic oxidation sites excluding steroid dienone is 1. The number of likely N-dealkylation sites (N-methyl/N-ethyl adjacent to an activating group) is 1. The second kappa shape index (κ2) is 8.60. The molecule has 0 heterocycles. The number of nitrogens with zero attached hydrogens (tertiary/aromatic N) is 1. The lowest BCUT2D eigenvalue weighted by molar-refractivity contribution is 0.121. The Kier molecular flexibility index (Phi) is 8.61. The monoisotopic (exact) mass is 203 g/mol. The Morgan fingerprint density at radius 3 is 2.85 bits per heavy atom. The van der Waals surface area contributed by atoms with Crippen molar-refractivity contribution < 1.29 is 5.11 Å². The minimum Gasteiger partial charge on any atom is -0.392 e. The Labute approximate surface area is 86.0 Å². The summed E-state index contributed by atoms with van der Waals surface area (Å²) >= 11 is 1.84. The Bertz CT molecular complexity index is 130. The number of hydrogen-bond donors (Lipinski definition) is 1. The molecule has 1 N–H and O–H groups in total. The Morgan fingerprint density at radius 1 is 1.62 bits per heavy atom. The van der Waals surface area contributed by atoms with Crippen LogP contribution in [0, 0.1) is 0 Å². The fourth-order valence-corrected chi connectivity index (χ4v) is 1.59. The van der Waals surface area contributed by atoms with Crippen LogP contribution >= 0.6 is 11.8 Å². The fraction of sp³-hybridized carbons (Fsp3) is 0.800. The molecule has 2 nitrogen and oxygen atoms in total. The minimum absolute atomic E-state index is 0.204. The molecule has 0 spiro atoms. The van der Waals surface area contributed by atoms with Gasteiger partial charge in [0, 0.05) is 18.8 Å². The van der Waals surface area contributed by atoms with Crippen molar-refractivity contribution in [3.8, 4) is 0 Å². The molecular weight excluding hydrogens is 182 g/mol. The number of hydrogen-bond acceptors (Lipinski definition) is 3. The van der Waals surface area contributed by atoms with Crippen molar-refractivity contribution in [2.75, 3.05) is 32.1 Å². The highest BCUT2D eigenvalue weighted by Crippen LogP contribution is 2.00. The Morgan fingerprint density at radius 2 is 2.31 bits per heavy atom. The highest BCUT2D eigenvalue weighted by molar-refractivity contribution is 7.98.